The van der Waals surface area contributed by atoms with Crippen LogP contribution in [0.4, 0.5) is 8.78 Å². The second-order valence-electron chi connectivity index (χ2n) is 4.27. The number of carboxylic acid groups (broad SMARTS) is 1. The number of hydrogen-bond acceptors (Lipinski definition) is 2. The standard InChI is InChI=1S/C12H8F2O3/c13-7-5-8(14)10-6(1-4-17-10)9(7)12(2-3-12)11(15)16/h1,4-5H,2-3H2,(H,15,16). The van der Waals surface area contributed by atoms with E-state index in [0.717, 1.165) is 0 Å². The summed E-state index contributed by atoms with van der Waals surface area (Å²) in [6.45, 7) is 0. The van der Waals surface area contributed by atoms with Crippen molar-refractivity contribution in [1.29, 1.82) is 0 Å². The maximum Gasteiger partial charge on any atom is 0.314 e. The summed E-state index contributed by atoms with van der Waals surface area (Å²) in [4.78, 5) is 11.2. The van der Waals surface area contributed by atoms with Crippen LogP contribution in [0.25, 0.3) is 11.0 Å². The van der Waals surface area contributed by atoms with E-state index in [2.05, 4.69) is 0 Å². The fraction of sp³-hybridized carbons (Fsp3) is 0.250. The van der Waals surface area contributed by atoms with E-state index >= 15 is 0 Å². The highest BCUT2D eigenvalue weighted by atomic mass is 19.1. The van der Waals surface area contributed by atoms with E-state index in [1.165, 1.54) is 12.3 Å². The monoisotopic (exact) mass is 238 g/mol. The zero-order valence-corrected chi connectivity index (χ0v) is 8.67. The summed E-state index contributed by atoms with van der Waals surface area (Å²) in [7, 11) is 0. The maximum atomic E-state index is 13.8. The van der Waals surface area contributed by atoms with Gasteiger partial charge in [0, 0.05) is 17.0 Å². The molecule has 0 bridgehead atoms. The van der Waals surface area contributed by atoms with Crippen LogP contribution in [0.5, 0.6) is 0 Å². The minimum Gasteiger partial charge on any atom is -0.481 e. The van der Waals surface area contributed by atoms with E-state index in [1.807, 2.05) is 0 Å². The molecule has 0 saturated heterocycles. The highest BCUT2D eigenvalue weighted by Crippen LogP contribution is 2.51. The highest BCUT2D eigenvalue weighted by molar-refractivity contribution is 5.93. The molecular formula is C12H8F2O3. The first-order valence-electron chi connectivity index (χ1n) is 5.15. The Kier molecular flexibility index (Phi) is 1.85. The Bertz CT molecular complexity index is 626. The van der Waals surface area contributed by atoms with Crippen molar-refractivity contribution in [2.45, 2.75) is 18.3 Å². The Morgan fingerprint density at radius 3 is 2.65 bits per heavy atom. The fourth-order valence-corrected chi connectivity index (χ4v) is 2.25. The molecular weight excluding hydrogens is 230 g/mol. The Balaban J connectivity index is 2.37. The number of halogens is 2. The summed E-state index contributed by atoms with van der Waals surface area (Å²) >= 11 is 0. The molecule has 1 aliphatic carbocycles. The Hall–Kier alpha value is -1.91. The zero-order chi connectivity index (χ0) is 12.2. The molecule has 0 spiro atoms. The Labute approximate surface area is 94.6 Å². The second-order valence-corrected chi connectivity index (χ2v) is 4.27. The van der Waals surface area contributed by atoms with E-state index in [1.54, 1.807) is 0 Å². The van der Waals surface area contributed by atoms with Gasteiger partial charge in [-0.2, -0.15) is 0 Å². The fourth-order valence-electron chi connectivity index (χ4n) is 2.25. The number of aliphatic carboxylic acids is 1. The number of carbonyl (C=O) groups is 1. The first-order valence-corrected chi connectivity index (χ1v) is 5.15. The molecule has 1 fully saturated rings. The predicted molar refractivity (Wildman–Crippen MR) is 54.7 cm³/mol. The third-order valence-electron chi connectivity index (χ3n) is 3.28. The molecule has 1 aliphatic rings. The molecule has 1 aromatic heterocycles. The van der Waals surface area contributed by atoms with Crippen molar-refractivity contribution in [3.05, 3.63) is 35.6 Å². The third kappa shape index (κ3) is 1.22. The van der Waals surface area contributed by atoms with Crippen molar-refractivity contribution in [3.8, 4) is 0 Å². The van der Waals surface area contributed by atoms with Crippen molar-refractivity contribution >= 4 is 16.9 Å². The number of benzene rings is 1. The summed E-state index contributed by atoms with van der Waals surface area (Å²) in [5, 5.41) is 9.37. The molecule has 0 amide bonds. The van der Waals surface area contributed by atoms with Crippen LogP contribution in [0.15, 0.2) is 22.8 Å². The first kappa shape index (κ1) is 10.3. The molecule has 0 unspecified atom stereocenters. The second kappa shape index (κ2) is 3.06. The summed E-state index contributed by atoms with van der Waals surface area (Å²) in [6, 6.07) is 2.09. The summed E-state index contributed by atoms with van der Waals surface area (Å²) in [6.07, 6.45) is 1.96. The van der Waals surface area contributed by atoms with Gasteiger partial charge in [-0.3, -0.25) is 4.79 Å². The summed E-state index contributed by atoms with van der Waals surface area (Å²) in [5.74, 6) is -2.71. The van der Waals surface area contributed by atoms with E-state index < -0.39 is 23.0 Å². The quantitative estimate of drug-likeness (QED) is 0.875. The maximum absolute atomic E-state index is 13.8. The molecule has 0 atom stereocenters. The van der Waals surface area contributed by atoms with E-state index in [0.29, 0.717) is 18.9 Å². The molecule has 5 heteroatoms. The minimum absolute atomic E-state index is 0.0372. The molecule has 1 aromatic carbocycles. The van der Waals surface area contributed by atoms with Crippen LogP contribution in [-0.2, 0) is 10.2 Å². The lowest BCUT2D eigenvalue weighted by atomic mass is 9.92. The number of furan rings is 1. The van der Waals surface area contributed by atoms with E-state index in [4.69, 9.17) is 9.52 Å². The van der Waals surface area contributed by atoms with Crippen LogP contribution in [-0.4, -0.2) is 11.1 Å². The molecule has 0 radical (unpaired) electrons. The van der Waals surface area contributed by atoms with Gasteiger partial charge in [0.05, 0.1) is 11.7 Å². The molecule has 88 valence electrons. The summed E-state index contributed by atoms with van der Waals surface area (Å²) < 4.78 is 32.1. The number of carboxylic acids is 1. The van der Waals surface area contributed by atoms with Crippen molar-refractivity contribution in [2.75, 3.05) is 0 Å². The lowest BCUT2D eigenvalue weighted by molar-refractivity contribution is -0.140. The number of fused-ring (bicyclic) bond motifs is 1. The Morgan fingerprint density at radius 2 is 2.06 bits per heavy atom. The largest absolute Gasteiger partial charge is 0.481 e. The van der Waals surface area contributed by atoms with Crippen LogP contribution in [0.3, 0.4) is 0 Å². The lowest BCUT2D eigenvalue weighted by Crippen LogP contribution is -2.21. The van der Waals surface area contributed by atoms with Gasteiger partial charge in [0.25, 0.3) is 0 Å². The van der Waals surface area contributed by atoms with Crippen molar-refractivity contribution in [3.63, 3.8) is 0 Å². The zero-order valence-electron chi connectivity index (χ0n) is 8.67. The smallest absolute Gasteiger partial charge is 0.314 e. The lowest BCUT2D eigenvalue weighted by Gasteiger charge is -2.12. The molecule has 3 nitrogen and oxygen atoms in total. The van der Waals surface area contributed by atoms with Crippen molar-refractivity contribution in [1.82, 2.24) is 0 Å². The van der Waals surface area contributed by atoms with Crippen LogP contribution >= 0.6 is 0 Å². The van der Waals surface area contributed by atoms with E-state index in [-0.39, 0.29) is 16.5 Å². The van der Waals surface area contributed by atoms with Gasteiger partial charge in [-0.1, -0.05) is 0 Å². The topological polar surface area (TPSA) is 50.4 Å². The molecule has 3 rings (SSSR count). The highest BCUT2D eigenvalue weighted by Gasteiger charge is 2.54. The van der Waals surface area contributed by atoms with Crippen LogP contribution in [0.2, 0.25) is 0 Å². The Morgan fingerprint density at radius 1 is 1.35 bits per heavy atom. The van der Waals surface area contributed by atoms with Gasteiger partial charge in [-0.05, 0) is 18.9 Å². The molecule has 2 aromatic rings. The molecule has 1 heterocycles. The van der Waals surface area contributed by atoms with Gasteiger partial charge in [-0.15, -0.1) is 0 Å². The molecule has 1 N–H and O–H groups in total. The van der Waals surface area contributed by atoms with Gasteiger partial charge in [0.15, 0.2) is 11.4 Å². The third-order valence-corrected chi connectivity index (χ3v) is 3.28. The van der Waals surface area contributed by atoms with Crippen LogP contribution in [0.1, 0.15) is 18.4 Å². The minimum atomic E-state index is -1.21. The predicted octanol–water partition coefficient (Wildman–Crippen LogP) is 2.83. The average Bonchev–Trinajstić information content (AvgIpc) is 2.89. The van der Waals surface area contributed by atoms with Crippen molar-refractivity contribution < 1.29 is 23.1 Å². The molecule has 0 aliphatic heterocycles. The van der Waals surface area contributed by atoms with Crippen molar-refractivity contribution in [2.24, 2.45) is 0 Å². The van der Waals surface area contributed by atoms with Crippen LogP contribution < -0.4 is 0 Å². The van der Waals surface area contributed by atoms with Crippen LogP contribution in [0, 0.1) is 11.6 Å². The number of rotatable bonds is 2. The normalized spacial score (nSPS) is 17.3. The van der Waals surface area contributed by atoms with E-state index in [9.17, 15) is 13.6 Å². The average molecular weight is 238 g/mol. The number of hydrogen-bond donors (Lipinski definition) is 1. The summed E-state index contributed by atoms with van der Waals surface area (Å²) in [5.41, 5.74) is -1.26. The SMILES string of the molecule is O=C(O)C1(c2c(F)cc(F)c3occc23)CC1. The van der Waals surface area contributed by atoms with Gasteiger partial charge in [0.1, 0.15) is 5.82 Å². The van der Waals surface area contributed by atoms with Gasteiger partial charge < -0.3 is 9.52 Å². The van der Waals surface area contributed by atoms with Gasteiger partial charge >= 0.3 is 5.97 Å². The molecule has 17 heavy (non-hydrogen) atoms. The van der Waals surface area contributed by atoms with Gasteiger partial charge in [-0.25, -0.2) is 8.78 Å². The molecule has 1 saturated carbocycles. The first-order chi connectivity index (χ1) is 8.06. The van der Waals surface area contributed by atoms with Gasteiger partial charge in [0.2, 0.25) is 0 Å².